The van der Waals surface area contributed by atoms with E-state index in [1.807, 2.05) is 24.8 Å². The van der Waals surface area contributed by atoms with Gasteiger partial charge in [-0.25, -0.2) is 14.4 Å². The Kier molecular flexibility index (Phi) is 8.51. The summed E-state index contributed by atoms with van der Waals surface area (Å²) in [6.07, 6.45) is 4.96. The lowest BCUT2D eigenvalue weighted by Gasteiger charge is -2.58. The van der Waals surface area contributed by atoms with Crippen molar-refractivity contribution in [1.29, 1.82) is 0 Å². The van der Waals surface area contributed by atoms with Crippen LogP contribution in [0.15, 0.2) is 42.7 Å². The number of hydrogen-bond acceptors (Lipinski definition) is 8. The van der Waals surface area contributed by atoms with E-state index >= 15 is 0 Å². The highest BCUT2D eigenvalue weighted by Gasteiger charge is 2.53. The highest BCUT2D eigenvalue weighted by Crippen LogP contribution is 2.50. The lowest BCUT2D eigenvalue weighted by Crippen LogP contribution is -2.64. The molecule has 2 aromatic rings. The Balaban J connectivity index is 0.00000141. The molecule has 1 spiro atoms. The van der Waals surface area contributed by atoms with Gasteiger partial charge in [-0.2, -0.15) is 0 Å². The molecule has 5 rings (SSSR count). The van der Waals surface area contributed by atoms with Crippen molar-refractivity contribution in [1.82, 2.24) is 20.2 Å². The van der Waals surface area contributed by atoms with Gasteiger partial charge in [0.2, 0.25) is 5.95 Å². The van der Waals surface area contributed by atoms with Gasteiger partial charge >= 0.3 is 5.97 Å². The zero-order chi connectivity index (χ0) is 24.7. The Morgan fingerprint density at radius 2 is 1.89 bits per heavy atom. The van der Waals surface area contributed by atoms with Crippen molar-refractivity contribution in [3.8, 4) is 5.75 Å². The van der Waals surface area contributed by atoms with Gasteiger partial charge in [-0.1, -0.05) is 44.2 Å². The number of carbonyl (C=O) groups excluding carboxylic acids is 1. The maximum atomic E-state index is 12.8. The average Bonchev–Trinajstić information content (AvgIpc) is 2.87. The minimum atomic E-state index is -0.558. The van der Waals surface area contributed by atoms with Gasteiger partial charge in [-0.3, -0.25) is 9.69 Å². The summed E-state index contributed by atoms with van der Waals surface area (Å²) in [5, 5.41) is 3.25. The van der Waals surface area contributed by atoms with Gasteiger partial charge in [0.05, 0.1) is 12.4 Å². The minimum Gasteiger partial charge on any atom is -0.488 e. The number of esters is 1. The van der Waals surface area contributed by atoms with Crippen molar-refractivity contribution < 1.29 is 18.7 Å². The molecule has 3 fully saturated rings. The summed E-state index contributed by atoms with van der Waals surface area (Å²) in [5.41, 5.74) is 1.67. The van der Waals surface area contributed by atoms with E-state index in [0.717, 1.165) is 32.5 Å². The third-order valence-corrected chi connectivity index (χ3v) is 6.67. The number of piperazine rings is 1. The molecule has 0 amide bonds. The Morgan fingerprint density at radius 3 is 2.57 bits per heavy atom. The molecular formula is C26H36FN5O3. The molecule has 190 valence electrons. The van der Waals surface area contributed by atoms with E-state index < -0.39 is 12.7 Å². The smallest absolute Gasteiger partial charge is 0.325 e. The average molecular weight is 486 g/mol. The van der Waals surface area contributed by atoms with Gasteiger partial charge < -0.3 is 19.7 Å². The Morgan fingerprint density at radius 1 is 1.17 bits per heavy atom. The predicted octanol–water partition coefficient (Wildman–Crippen LogP) is 2.84. The molecule has 3 aliphatic rings. The highest BCUT2D eigenvalue weighted by molar-refractivity contribution is 5.77. The molecule has 2 aliphatic heterocycles. The monoisotopic (exact) mass is 485 g/mol. The van der Waals surface area contributed by atoms with Crippen LogP contribution in [0.1, 0.15) is 32.3 Å². The predicted molar refractivity (Wildman–Crippen MR) is 132 cm³/mol. The molecular weight excluding hydrogens is 449 g/mol. The van der Waals surface area contributed by atoms with E-state index in [0.29, 0.717) is 36.7 Å². The topological polar surface area (TPSA) is 79.8 Å². The summed E-state index contributed by atoms with van der Waals surface area (Å²) in [6, 6.07) is 10.1. The van der Waals surface area contributed by atoms with Crippen molar-refractivity contribution in [3.05, 3.63) is 48.3 Å². The summed E-state index contributed by atoms with van der Waals surface area (Å²) >= 11 is 0. The molecule has 1 aromatic carbocycles. The molecule has 1 atom stereocenters. The summed E-state index contributed by atoms with van der Waals surface area (Å²) in [7, 11) is 0. The fourth-order valence-corrected chi connectivity index (χ4v) is 5.14. The van der Waals surface area contributed by atoms with Gasteiger partial charge in [0.25, 0.3) is 0 Å². The molecule has 0 bridgehead atoms. The molecule has 0 radical (unpaired) electrons. The first kappa shape index (κ1) is 25.3. The maximum Gasteiger partial charge on any atom is 0.325 e. The third kappa shape index (κ3) is 6.27. The minimum absolute atomic E-state index is 0.0109. The van der Waals surface area contributed by atoms with E-state index in [1.54, 1.807) is 0 Å². The van der Waals surface area contributed by atoms with E-state index in [9.17, 15) is 9.18 Å². The lowest BCUT2D eigenvalue weighted by atomic mass is 9.61. The number of likely N-dealkylation sites (tertiary alicyclic amines) is 1. The zero-order valence-electron chi connectivity index (χ0n) is 20.7. The first-order valence-corrected chi connectivity index (χ1v) is 12.6. The first-order valence-electron chi connectivity index (χ1n) is 12.6. The van der Waals surface area contributed by atoms with E-state index in [1.165, 1.54) is 18.0 Å². The van der Waals surface area contributed by atoms with Gasteiger partial charge in [0.15, 0.2) is 5.75 Å². The maximum absolute atomic E-state index is 12.8. The van der Waals surface area contributed by atoms with E-state index in [-0.39, 0.29) is 18.7 Å². The Bertz CT molecular complexity index is 932. The van der Waals surface area contributed by atoms with Crippen LogP contribution >= 0.6 is 0 Å². The van der Waals surface area contributed by atoms with Crippen LogP contribution in [0.4, 0.5) is 10.3 Å². The molecule has 1 aromatic heterocycles. The molecule has 1 N–H and O–H groups in total. The van der Waals surface area contributed by atoms with Crippen molar-refractivity contribution in [3.63, 3.8) is 0 Å². The van der Waals surface area contributed by atoms with Crippen LogP contribution in [0.25, 0.3) is 0 Å². The second-order valence-corrected chi connectivity index (χ2v) is 9.31. The van der Waals surface area contributed by atoms with E-state index in [4.69, 9.17) is 9.47 Å². The van der Waals surface area contributed by atoms with Crippen LogP contribution in [0.2, 0.25) is 0 Å². The fraction of sp³-hybridized carbons (Fsp3) is 0.577. The second-order valence-electron chi connectivity index (χ2n) is 9.31. The number of hydrogen-bond donors (Lipinski definition) is 1. The molecule has 3 heterocycles. The number of alkyl halides is 1. The largest absolute Gasteiger partial charge is 0.488 e. The van der Waals surface area contributed by atoms with Crippen LogP contribution < -0.4 is 15.0 Å². The number of anilines is 1. The number of carbonyl (C=O) groups is 1. The fourth-order valence-electron chi connectivity index (χ4n) is 5.14. The second kappa shape index (κ2) is 11.8. The van der Waals surface area contributed by atoms with Crippen LogP contribution in [0.5, 0.6) is 5.75 Å². The van der Waals surface area contributed by atoms with E-state index in [2.05, 4.69) is 44.5 Å². The Hall–Kier alpha value is -2.78. The first-order chi connectivity index (χ1) is 17.1. The number of aromatic nitrogens is 2. The Labute approximate surface area is 206 Å². The lowest BCUT2D eigenvalue weighted by molar-refractivity contribution is -0.179. The normalized spacial score (nSPS) is 21.3. The standard InChI is InChI=1S/C24H30FN5O3.C2H6/c25-6-9-32-20-12-27-23(28-13-20)30-8-7-26-21(15-30)22(31)33-19-10-24(11-19)16-29(17-24)14-18-4-2-1-3-5-18;1-2/h1-5,12-13,19,21,26H,6-11,14-17H2;1-2H3. The number of nitrogens with zero attached hydrogens (tertiary/aromatic N) is 4. The number of halogens is 1. The van der Waals surface area contributed by atoms with Crippen LogP contribution in [-0.4, -0.2) is 79.0 Å². The molecule has 1 saturated carbocycles. The number of rotatable bonds is 8. The van der Waals surface area contributed by atoms with Gasteiger partial charge in [-0.15, -0.1) is 0 Å². The summed E-state index contributed by atoms with van der Waals surface area (Å²) in [4.78, 5) is 25.8. The molecule has 2 saturated heterocycles. The van der Waals surface area contributed by atoms with Gasteiger partial charge in [0.1, 0.15) is 25.4 Å². The highest BCUT2D eigenvalue weighted by atomic mass is 19.1. The SMILES string of the molecule is CC.O=C(OC1CC2(C1)CN(Cc1ccccc1)C2)C1CN(c2ncc(OCCF)cn2)CCN1. The third-order valence-electron chi connectivity index (χ3n) is 6.67. The number of benzene rings is 1. The number of nitrogens with one attached hydrogen (secondary N) is 1. The molecule has 8 nitrogen and oxygen atoms in total. The summed E-state index contributed by atoms with van der Waals surface area (Å²) < 4.78 is 23.2. The van der Waals surface area contributed by atoms with Crippen molar-refractivity contribution in [2.75, 3.05) is 50.9 Å². The number of ether oxygens (including phenoxy) is 2. The zero-order valence-corrected chi connectivity index (χ0v) is 20.7. The van der Waals surface area contributed by atoms with Gasteiger partial charge in [-0.05, 0) is 18.4 Å². The van der Waals surface area contributed by atoms with Crippen molar-refractivity contribution >= 4 is 11.9 Å². The molecule has 1 unspecified atom stereocenters. The van der Waals surface area contributed by atoms with Crippen LogP contribution in [0, 0.1) is 5.41 Å². The molecule has 9 heteroatoms. The van der Waals surface area contributed by atoms with Crippen molar-refractivity contribution in [2.45, 2.75) is 45.4 Å². The van der Waals surface area contributed by atoms with Crippen LogP contribution in [0.3, 0.4) is 0 Å². The van der Waals surface area contributed by atoms with Crippen LogP contribution in [-0.2, 0) is 16.1 Å². The molecule has 35 heavy (non-hydrogen) atoms. The summed E-state index contributed by atoms with van der Waals surface area (Å²) in [6.45, 7) is 8.35. The molecule has 1 aliphatic carbocycles. The van der Waals surface area contributed by atoms with Crippen molar-refractivity contribution in [2.24, 2.45) is 5.41 Å². The quantitative estimate of drug-likeness (QED) is 0.572. The van der Waals surface area contributed by atoms with Gasteiger partial charge in [0, 0.05) is 44.7 Å². The summed E-state index contributed by atoms with van der Waals surface area (Å²) in [5.74, 6) is 0.750.